The number of aryl methyl sites for hydroxylation is 1. The number of benzene rings is 1. The van der Waals surface area contributed by atoms with E-state index in [1.165, 1.54) is 0 Å². The fourth-order valence-electron chi connectivity index (χ4n) is 1.46. The summed E-state index contributed by atoms with van der Waals surface area (Å²) in [5, 5.41) is 7.03. The van der Waals surface area contributed by atoms with Crippen molar-refractivity contribution in [3.05, 3.63) is 51.4 Å². The average Bonchev–Trinajstić information content (AvgIpc) is 2.72. The van der Waals surface area contributed by atoms with E-state index in [0.717, 1.165) is 9.26 Å². The molecule has 17 heavy (non-hydrogen) atoms. The number of rotatable bonds is 3. The number of nitrogens with zero attached hydrogens (tertiary/aromatic N) is 2. The van der Waals surface area contributed by atoms with Crippen LogP contribution in [0.5, 0.6) is 0 Å². The smallest absolute Gasteiger partial charge is 0.251 e. The van der Waals surface area contributed by atoms with Crippen LogP contribution in [0.25, 0.3) is 0 Å². The number of amides is 1. The molecule has 0 radical (unpaired) electrons. The maximum absolute atomic E-state index is 11.8. The molecular weight excluding hydrogens is 329 g/mol. The number of hydrogen-bond acceptors (Lipinski definition) is 2. The van der Waals surface area contributed by atoms with Gasteiger partial charge in [-0.2, -0.15) is 5.10 Å². The van der Waals surface area contributed by atoms with Crippen molar-refractivity contribution >= 4 is 28.5 Å². The van der Waals surface area contributed by atoms with Gasteiger partial charge in [0, 0.05) is 22.4 Å². The van der Waals surface area contributed by atoms with E-state index < -0.39 is 0 Å². The van der Waals surface area contributed by atoms with E-state index >= 15 is 0 Å². The Bertz CT molecular complexity index is 536. The molecule has 5 heteroatoms. The maximum Gasteiger partial charge on any atom is 0.251 e. The molecular formula is C12H12IN3O. The monoisotopic (exact) mass is 341 g/mol. The van der Waals surface area contributed by atoms with E-state index in [1.807, 2.05) is 37.5 Å². The van der Waals surface area contributed by atoms with Gasteiger partial charge in [-0.15, -0.1) is 0 Å². The van der Waals surface area contributed by atoms with Crippen molar-refractivity contribution in [2.45, 2.75) is 6.54 Å². The van der Waals surface area contributed by atoms with Crippen molar-refractivity contribution < 1.29 is 4.79 Å². The summed E-state index contributed by atoms with van der Waals surface area (Å²) in [6.45, 7) is 0.450. The zero-order valence-corrected chi connectivity index (χ0v) is 11.5. The molecule has 0 atom stereocenters. The van der Waals surface area contributed by atoms with Gasteiger partial charge in [0.1, 0.15) is 0 Å². The highest BCUT2D eigenvalue weighted by molar-refractivity contribution is 14.1. The van der Waals surface area contributed by atoms with Crippen LogP contribution in [0.3, 0.4) is 0 Å². The lowest BCUT2D eigenvalue weighted by Gasteiger charge is -2.03. The van der Waals surface area contributed by atoms with Crippen molar-refractivity contribution in [1.29, 1.82) is 0 Å². The summed E-state index contributed by atoms with van der Waals surface area (Å²) in [5.41, 5.74) is 1.53. The van der Waals surface area contributed by atoms with Crippen molar-refractivity contribution in [2.24, 2.45) is 7.05 Å². The molecule has 0 aliphatic rings. The first kappa shape index (κ1) is 12.1. The van der Waals surface area contributed by atoms with Gasteiger partial charge in [0.05, 0.1) is 12.2 Å². The number of carbonyl (C=O) groups excluding carboxylic acids is 1. The molecule has 0 spiro atoms. The number of halogens is 1. The molecule has 0 aliphatic carbocycles. The topological polar surface area (TPSA) is 46.9 Å². The summed E-state index contributed by atoms with van der Waals surface area (Å²) in [6.07, 6.45) is 1.85. The predicted molar refractivity (Wildman–Crippen MR) is 73.5 cm³/mol. The van der Waals surface area contributed by atoms with Crippen LogP contribution in [-0.4, -0.2) is 15.7 Å². The fourth-order valence-corrected chi connectivity index (χ4v) is 2.00. The van der Waals surface area contributed by atoms with Gasteiger partial charge < -0.3 is 5.32 Å². The summed E-state index contributed by atoms with van der Waals surface area (Å²) >= 11 is 2.19. The molecule has 0 unspecified atom stereocenters. The van der Waals surface area contributed by atoms with Gasteiger partial charge in [-0.1, -0.05) is 6.07 Å². The third-order valence-corrected chi connectivity index (χ3v) is 2.96. The summed E-state index contributed by atoms with van der Waals surface area (Å²) in [5.74, 6) is -0.0748. The van der Waals surface area contributed by atoms with Crippen molar-refractivity contribution in [2.75, 3.05) is 0 Å². The van der Waals surface area contributed by atoms with E-state index in [4.69, 9.17) is 0 Å². The van der Waals surface area contributed by atoms with Gasteiger partial charge in [-0.25, -0.2) is 0 Å². The Hall–Kier alpha value is -1.37. The summed E-state index contributed by atoms with van der Waals surface area (Å²) in [6, 6.07) is 9.37. The van der Waals surface area contributed by atoms with Gasteiger partial charge in [-0.05, 0) is 46.9 Å². The van der Waals surface area contributed by atoms with Gasteiger partial charge >= 0.3 is 0 Å². The zero-order valence-electron chi connectivity index (χ0n) is 9.35. The molecule has 1 aromatic heterocycles. The Kier molecular flexibility index (Phi) is 3.78. The van der Waals surface area contributed by atoms with Crippen LogP contribution in [0.2, 0.25) is 0 Å². The second-order valence-corrected chi connectivity index (χ2v) is 4.92. The molecule has 1 heterocycles. The van der Waals surface area contributed by atoms with Crippen LogP contribution >= 0.6 is 22.6 Å². The maximum atomic E-state index is 11.8. The Morgan fingerprint density at radius 2 is 2.29 bits per heavy atom. The predicted octanol–water partition coefficient (Wildman–Crippen LogP) is 1.95. The third-order valence-electron chi connectivity index (χ3n) is 2.29. The van der Waals surface area contributed by atoms with Crippen LogP contribution < -0.4 is 5.32 Å². The quantitative estimate of drug-likeness (QED) is 0.868. The van der Waals surface area contributed by atoms with Crippen molar-refractivity contribution in [1.82, 2.24) is 15.1 Å². The Morgan fingerprint density at radius 3 is 2.94 bits per heavy atom. The summed E-state index contributed by atoms with van der Waals surface area (Å²) in [7, 11) is 1.85. The normalized spacial score (nSPS) is 10.2. The molecule has 1 N–H and O–H groups in total. The molecule has 2 aromatic rings. The highest BCUT2D eigenvalue weighted by atomic mass is 127. The highest BCUT2D eigenvalue weighted by Crippen LogP contribution is 2.07. The minimum absolute atomic E-state index is 0.0748. The minimum Gasteiger partial charge on any atom is -0.346 e. The van der Waals surface area contributed by atoms with Crippen LogP contribution in [0.15, 0.2) is 36.5 Å². The first-order chi connectivity index (χ1) is 8.15. The second-order valence-electron chi connectivity index (χ2n) is 3.67. The molecule has 0 saturated carbocycles. The van der Waals surface area contributed by atoms with Crippen molar-refractivity contribution in [3.8, 4) is 0 Å². The summed E-state index contributed by atoms with van der Waals surface area (Å²) in [4.78, 5) is 11.8. The third kappa shape index (κ3) is 3.29. The Morgan fingerprint density at radius 1 is 1.47 bits per heavy atom. The Labute approximate surface area is 113 Å². The SMILES string of the molecule is Cn1ccc(CNC(=O)c2cccc(I)c2)n1. The lowest BCUT2D eigenvalue weighted by atomic mass is 10.2. The van der Waals surface area contributed by atoms with Crippen molar-refractivity contribution in [3.63, 3.8) is 0 Å². The van der Waals surface area contributed by atoms with Crippen LogP contribution in [0.4, 0.5) is 0 Å². The standard InChI is InChI=1S/C12H12IN3O/c1-16-6-5-11(15-16)8-14-12(17)9-3-2-4-10(13)7-9/h2-7H,8H2,1H3,(H,14,17). The molecule has 0 saturated heterocycles. The largest absolute Gasteiger partial charge is 0.346 e. The first-order valence-corrected chi connectivity index (χ1v) is 6.25. The molecule has 0 fully saturated rings. The van der Waals surface area contributed by atoms with E-state index in [0.29, 0.717) is 12.1 Å². The number of carbonyl (C=O) groups is 1. The van der Waals surface area contributed by atoms with Gasteiger partial charge in [0.25, 0.3) is 5.91 Å². The molecule has 0 aliphatic heterocycles. The van der Waals surface area contributed by atoms with Crippen LogP contribution in [0.1, 0.15) is 16.1 Å². The molecule has 1 aromatic carbocycles. The number of aromatic nitrogens is 2. The van der Waals surface area contributed by atoms with E-state index in [-0.39, 0.29) is 5.91 Å². The number of hydrogen-bond donors (Lipinski definition) is 1. The van der Waals surface area contributed by atoms with Gasteiger partial charge in [-0.3, -0.25) is 9.48 Å². The lowest BCUT2D eigenvalue weighted by Crippen LogP contribution is -2.23. The molecule has 88 valence electrons. The van der Waals surface area contributed by atoms with Gasteiger partial charge in [0.2, 0.25) is 0 Å². The first-order valence-electron chi connectivity index (χ1n) is 5.17. The van der Waals surface area contributed by atoms with E-state index in [9.17, 15) is 4.79 Å². The van der Waals surface area contributed by atoms with E-state index in [1.54, 1.807) is 10.7 Å². The fraction of sp³-hybridized carbons (Fsp3) is 0.167. The highest BCUT2D eigenvalue weighted by Gasteiger charge is 2.06. The minimum atomic E-state index is -0.0748. The molecule has 0 bridgehead atoms. The van der Waals surface area contributed by atoms with Crippen LogP contribution in [0, 0.1) is 3.57 Å². The van der Waals surface area contributed by atoms with Crippen LogP contribution in [-0.2, 0) is 13.6 Å². The number of nitrogens with one attached hydrogen (secondary N) is 1. The molecule has 2 rings (SSSR count). The van der Waals surface area contributed by atoms with Gasteiger partial charge in [0.15, 0.2) is 0 Å². The second kappa shape index (κ2) is 5.31. The zero-order chi connectivity index (χ0) is 12.3. The molecule has 4 nitrogen and oxygen atoms in total. The molecule has 1 amide bonds. The summed E-state index contributed by atoms with van der Waals surface area (Å²) < 4.78 is 2.76. The average molecular weight is 341 g/mol. The van der Waals surface area contributed by atoms with E-state index in [2.05, 4.69) is 33.0 Å². The lowest BCUT2D eigenvalue weighted by molar-refractivity contribution is 0.0950. The Balaban J connectivity index is 1.98.